The van der Waals surface area contributed by atoms with Crippen LogP contribution >= 0.6 is 27.7 Å². The lowest BCUT2D eigenvalue weighted by atomic mass is 10.3. The zero-order valence-electron chi connectivity index (χ0n) is 10.3. The maximum Gasteiger partial charge on any atom is 0.234 e. The van der Waals surface area contributed by atoms with E-state index in [9.17, 15) is 4.79 Å². The molecule has 1 N–H and O–H groups in total. The normalized spacial score (nSPS) is 9.80. The van der Waals surface area contributed by atoms with Crippen LogP contribution in [0.15, 0.2) is 52.1 Å². The lowest BCUT2D eigenvalue weighted by molar-refractivity contribution is -0.113. The van der Waals surface area contributed by atoms with Crippen LogP contribution in [0, 0.1) is 11.3 Å². The fourth-order valence-corrected chi connectivity index (χ4v) is 2.46. The number of carbonyl (C=O) groups excluding carboxylic acids is 1. The molecule has 100 valence electrons. The molecule has 20 heavy (non-hydrogen) atoms. The molecule has 0 unspecified atom stereocenters. The lowest BCUT2D eigenvalue weighted by Crippen LogP contribution is -2.14. The van der Waals surface area contributed by atoms with Crippen molar-refractivity contribution in [2.45, 2.75) is 5.03 Å². The first kappa shape index (κ1) is 14.6. The van der Waals surface area contributed by atoms with E-state index >= 15 is 0 Å². The predicted molar refractivity (Wildman–Crippen MR) is 82.4 cm³/mol. The van der Waals surface area contributed by atoms with Crippen LogP contribution < -0.4 is 5.32 Å². The van der Waals surface area contributed by atoms with Gasteiger partial charge in [0.05, 0.1) is 11.3 Å². The molecule has 0 saturated heterocycles. The second-order valence-electron chi connectivity index (χ2n) is 3.81. The highest BCUT2D eigenvalue weighted by Gasteiger charge is 2.07. The van der Waals surface area contributed by atoms with Crippen molar-refractivity contribution in [1.82, 2.24) is 4.98 Å². The van der Waals surface area contributed by atoms with Crippen molar-refractivity contribution in [2.24, 2.45) is 0 Å². The average molecular weight is 348 g/mol. The third-order valence-corrected chi connectivity index (χ3v) is 3.89. The van der Waals surface area contributed by atoms with E-state index in [4.69, 9.17) is 5.26 Å². The molecule has 2 aromatic rings. The van der Waals surface area contributed by atoms with Gasteiger partial charge in [-0.3, -0.25) is 4.79 Å². The van der Waals surface area contributed by atoms with Gasteiger partial charge in [0, 0.05) is 16.4 Å². The van der Waals surface area contributed by atoms with Crippen LogP contribution in [0.1, 0.15) is 5.56 Å². The van der Waals surface area contributed by atoms with Crippen LogP contribution in [0.4, 0.5) is 5.69 Å². The Morgan fingerprint density at radius 3 is 2.80 bits per heavy atom. The van der Waals surface area contributed by atoms with Crippen molar-refractivity contribution < 1.29 is 4.79 Å². The number of halogens is 1. The lowest BCUT2D eigenvalue weighted by Gasteiger charge is -2.05. The highest BCUT2D eigenvalue weighted by molar-refractivity contribution is 9.10. The average Bonchev–Trinajstić information content (AvgIpc) is 2.48. The molecule has 2 rings (SSSR count). The fourth-order valence-electron chi connectivity index (χ4n) is 1.46. The summed E-state index contributed by atoms with van der Waals surface area (Å²) in [6.07, 6.45) is 1.61. The minimum absolute atomic E-state index is 0.133. The van der Waals surface area contributed by atoms with Crippen LogP contribution in [0.25, 0.3) is 0 Å². The Morgan fingerprint density at radius 1 is 1.35 bits per heavy atom. The molecule has 0 fully saturated rings. The molecule has 0 atom stereocenters. The molecule has 1 aromatic heterocycles. The fraction of sp³-hybridized carbons (Fsp3) is 0.0714. The molecule has 0 radical (unpaired) electrons. The van der Waals surface area contributed by atoms with Crippen molar-refractivity contribution in [3.63, 3.8) is 0 Å². The molecule has 1 heterocycles. The molecule has 1 amide bonds. The van der Waals surface area contributed by atoms with Crippen LogP contribution in [0.5, 0.6) is 0 Å². The Morgan fingerprint density at radius 2 is 2.10 bits per heavy atom. The van der Waals surface area contributed by atoms with Gasteiger partial charge in [0.1, 0.15) is 11.1 Å². The van der Waals surface area contributed by atoms with Gasteiger partial charge in [-0.2, -0.15) is 5.26 Å². The van der Waals surface area contributed by atoms with Gasteiger partial charge in [-0.15, -0.1) is 0 Å². The molecular weight excluding hydrogens is 338 g/mol. The molecule has 0 aliphatic rings. The maximum atomic E-state index is 11.8. The summed E-state index contributed by atoms with van der Waals surface area (Å²) in [5.74, 6) is 0.0775. The third kappa shape index (κ3) is 4.08. The SMILES string of the molecule is N#Cc1cccnc1SCC(=O)Nc1ccc(Br)cc1. The second-order valence-corrected chi connectivity index (χ2v) is 5.69. The number of nitrogens with zero attached hydrogens (tertiary/aromatic N) is 2. The smallest absolute Gasteiger partial charge is 0.234 e. The summed E-state index contributed by atoms with van der Waals surface area (Å²) >= 11 is 4.58. The highest BCUT2D eigenvalue weighted by atomic mass is 79.9. The number of benzene rings is 1. The first-order valence-corrected chi connectivity index (χ1v) is 7.50. The van der Waals surface area contributed by atoms with Crippen molar-refractivity contribution in [2.75, 3.05) is 11.1 Å². The third-order valence-electron chi connectivity index (χ3n) is 2.36. The van der Waals surface area contributed by atoms with Gasteiger partial charge in [0.2, 0.25) is 5.91 Å². The summed E-state index contributed by atoms with van der Waals surface area (Å²) in [7, 11) is 0. The van der Waals surface area contributed by atoms with E-state index < -0.39 is 0 Å². The number of hydrogen-bond acceptors (Lipinski definition) is 4. The molecule has 6 heteroatoms. The Balaban J connectivity index is 1.92. The molecule has 4 nitrogen and oxygen atoms in total. The zero-order chi connectivity index (χ0) is 14.4. The van der Waals surface area contributed by atoms with E-state index in [2.05, 4.69) is 32.3 Å². The monoisotopic (exact) mass is 347 g/mol. The number of carbonyl (C=O) groups is 1. The van der Waals surface area contributed by atoms with E-state index in [0.29, 0.717) is 10.6 Å². The largest absolute Gasteiger partial charge is 0.325 e. The van der Waals surface area contributed by atoms with E-state index in [1.54, 1.807) is 18.3 Å². The molecule has 0 saturated carbocycles. The second kappa shape index (κ2) is 7.08. The van der Waals surface area contributed by atoms with Crippen molar-refractivity contribution >= 4 is 39.3 Å². The number of thioether (sulfide) groups is 1. The standard InChI is InChI=1S/C14H10BrN3OS/c15-11-3-5-12(6-4-11)18-13(19)9-20-14-10(8-16)2-1-7-17-14/h1-7H,9H2,(H,18,19). The van der Waals surface area contributed by atoms with E-state index in [-0.39, 0.29) is 11.7 Å². The van der Waals surface area contributed by atoms with Crippen molar-refractivity contribution in [3.05, 3.63) is 52.6 Å². The zero-order valence-corrected chi connectivity index (χ0v) is 12.7. The Kier molecular flexibility index (Phi) is 5.16. The van der Waals surface area contributed by atoms with Crippen molar-refractivity contribution in [1.29, 1.82) is 5.26 Å². The van der Waals surface area contributed by atoms with Crippen LogP contribution in [0.3, 0.4) is 0 Å². The van der Waals surface area contributed by atoms with Crippen LogP contribution in [-0.4, -0.2) is 16.6 Å². The van der Waals surface area contributed by atoms with Gasteiger partial charge in [-0.25, -0.2) is 4.98 Å². The van der Waals surface area contributed by atoms with E-state index in [1.807, 2.05) is 24.3 Å². The van der Waals surface area contributed by atoms with Gasteiger partial charge in [-0.1, -0.05) is 27.7 Å². The topological polar surface area (TPSA) is 65.8 Å². The minimum Gasteiger partial charge on any atom is -0.325 e. The van der Waals surface area contributed by atoms with E-state index in [0.717, 1.165) is 10.2 Å². The van der Waals surface area contributed by atoms with Crippen LogP contribution in [0.2, 0.25) is 0 Å². The summed E-state index contributed by atoms with van der Waals surface area (Å²) in [4.78, 5) is 15.9. The quantitative estimate of drug-likeness (QED) is 0.860. The summed E-state index contributed by atoms with van der Waals surface area (Å²) < 4.78 is 0.956. The molecule has 0 aliphatic heterocycles. The van der Waals surface area contributed by atoms with Gasteiger partial charge < -0.3 is 5.32 Å². The van der Waals surface area contributed by atoms with Crippen molar-refractivity contribution in [3.8, 4) is 6.07 Å². The number of rotatable bonds is 4. The number of pyridine rings is 1. The molecule has 0 aliphatic carbocycles. The number of amides is 1. The number of hydrogen-bond donors (Lipinski definition) is 1. The summed E-state index contributed by atoms with van der Waals surface area (Å²) in [6, 6.07) is 12.8. The number of aromatic nitrogens is 1. The Hall–Kier alpha value is -1.84. The van der Waals surface area contributed by atoms with Crippen LogP contribution in [-0.2, 0) is 4.79 Å². The number of nitrogens with one attached hydrogen (secondary N) is 1. The molecule has 0 spiro atoms. The molecular formula is C14H10BrN3OS. The first-order valence-electron chi connectivity index (χ1n) is 5.72. The van der Waals surface area contributed by atoms with Gasteiger partial charge >= 0.3 is 0 Å². The van der Waals surface area contributed by atoms with Gasteiger partial charge in [-0.05, 0) is 36.4 Å². The summed E-state index contributed by atoms with van der Waals surface area (Å²) in [6.45, 7) is 0. The predicted octanol–water partition coefficient (Wildman–Crippen LogP) is 3.45. The van der Waals surface area contributed by atoms with Gasteiger partial charge in [0.15, 0.2) is 0 Å². The maximum absolute atomic E-state index is 11.8. The first-order chi connectivity index (χ1) is 9.69. The number of anilines is 1. The Labute approximate surface area is 129 Å². The summed E-state index contributed by atoms with van der Waals surface area (Å²) in [5, 5.41) is 12.3. The molecule has 1 aromatic carbocycles. The minimum atomic E-state index is -0.133. The van der Waals surface area contributed by atoms with Gasteiger partial charge in [0.25, 0.3) is 0 Å². The highest BCUT2D eigenvalue weighted by Crippen LogP contribution is 2.20. The summed E-state index contributed by atoms with van der Waals surface area (Å²) in [5.41, 5.74) is 1.22. The number of nitriles is 1. The molecule has 0 bridgehead atoms. The van der Waals surface area contributed by atoms with E-state index in [1.165, 1.54) is 11.8 Å². The Bertz CT molecular complexity index is 652.